The highest BCUT2D eigenvalue weighted by atomic mass is 16.5. The fraction of sp³-hybridized carbons (Fsp3) is 0.179. The maximum absolute atomic E-state index is 12.9. The van der Waals surface area contributed by atoms with E-state index >= 15 is 0 Å². The number of nitrogens with one attached hydrogen (secondary N) is 1. The van der Waals surface area contributed by atoms with Crippen molar-refractivity contribution in [3.05, 3.63) is 89.9 Å². The number of rotatable bonds is 9. The molecule has 7 heteroatoms. The first kappa shape index (κ1) is 23.8. The molecular weight excluding hydrogens is 446 g/mol. The molecule has 35 heavy (non-hydrogen) atoms. The molecule has 4 aromatic rings. The number of anilines is 1. The minimum atomic E-state index is -0.362. The third-order valence-corrected chi connectivity index (χ3v) is 5.60. The lowest BCUT2D eigenvalue weighted by Gasteiger charge is -2.14. The number of methoxy groups -OCH3 is 4. The molecule has 7 nitrogen and oxygen atoms in total. The molecule has 1 heterocycles. The molecule has 0 saturated heterocycles. The molecular formula is C28H27NO6. The summed E-state index contributed by atoms with van der Waals surface area (Å²) in [6, 6.07) is 22.4. The van der Waals surface area contributed by atoms with Gasteiger partial charge in [-0.3, -0.25) is 4.79 Å². The number of hydrogen-bond acceptors (Lipinski definition) is 6. The second-order valence-corrected chi connectivity index (χ2v) is 7.69. The summed E-state index contributed by atoms with van der Waals surface area (Å²) < 4.78 is 27.7. The molecule has 1 amide bonds. The average Bonchev–Trinajstić information content (AvgIpc) is 3.38. The smallest absolute Gasteiger partial charge is 0.291 e. The summed E-state index contributed by atoms with van der Waals surface area (Å²) in [6.45, 7) is 0. The summed E-state index contributed by atoms with van der Waals surface area (Å²) in [7, 11) is 6.34. The Balaban J connectivity index is 1.52. The topological polar surface area (TPSA) is 79.2 Å². The molecule has 0 unspecified atom stereocenters. The van der Waals surface area contributed by atoms with E-state index in [2.05, 4.69) is 5.32 Å². The van der Waals surface area contributed by atoms with Crippen LogP contribution in [0.25, 0.3) is 11.1 Å². The van der Waals surface area contributed by atoms with Gasteiger partial charge in [0.25, 0.3) is 5.91 Å². The number of carbonyl (C=O) groups is 1. The number of amides is 1. The van der Waals surface area contributed by atoms with Crippen LogP contribution in [0.4, 0.5) is 5.69 Å². The van der Waals surface area contributed by atoms with Gasteiger partial charge in [-0.1, -0.05) is 30.3 Å². The normalized spacial score (nSPS) is 10.5. The Kier molecular flexibility index (Phi) is 7.26. The molecule has 0 atom stereocenters. The van der Waals surface area contributed by atoms with Crippen molar-refractivity contribution in [1.29, 1.82) is 0 Å². The van der Waals surface area contributed by atoms with Crippen molar-refractivity contribution in [3.8, 4) is 34.1 Å². The summed E-state index contributed by atoms with van der Waals surface area (Å²) in [5.74, 6) is 2.91. The highest BCUT2D eigenvalue weighted by molar-refractivity contribution is 6.02. The fourth-order valence-electron chi connectivity index (χ4n) is 3.84. The fourth-order valence-corrected chi connectivity index (χ4v) is 3.84. The minimum Gasteiger partial charge on any atom is -0.496 e. The van der Waals surface area contributed by atoms with E-state index in [-0.39, 0.29) is 11.7 Å². The van der Waals surface area contributed by atoms with Crippen molar-refractivity contribution < 1.29 is 28.2 Å². The Morgan fingerprint density at radius 3 is 2.09 bits per heavy atom. The molecule has 0 saturated carbocycles. The number of benzene rings is 3. The van der Waals surface area contributed by atoms with Gasteiger partial charge in [0.2, 0.25) is 0 Å². The standard InChI is InChI=1S/C28H27NO6/c1-31-21-16-26(33-3)23(27(17-21)34-4)15-20-11-13-24(35-20)28(30)29-19-10-12-22(25(14-19)32-2)18-8-6-5-7-9-18/h5-14,16-17H,15H2,1-4H3,(H,29,30). The third-order valence-electron chi connectivity index (χ3n) is 5.60. The Hall–Kier alpha value is -4.39. The van der Waals surface area contributed by atoms with Gasteiger partial charge in [0.05, 0.1) is 28.4 Å². The molecule has 0 radical (unpaired) electrons. The van der Waals surface area contributed by atoms with Crippen LogP contribution in [0.5, 0.6) is 23.0 Å². The summed E-state index contributed by atoms with van der Waals surface area (Å²) in [5, 5.41) is 2.87. The predicted octanol–water partition coefficient (Wildman–Crippen LogP) is 5.82. The van der Waals surface area contributed by atoms with E-state index in [4.69, 9.17) is 23.4 Å². The molecule has 1 N–H and O–H groups in total. The van der Waals surface area contributed by atoms with Crippen molar-refractivity contribution in [2.75, 3.05) is 33.8 Å². The zero-order valence-corrected chi connectivity index (χ0v) is 20.1. The molecule has 0 aliphatic rings. The van der Waals surface area contributed by atoms with Gasteiger partial charge in [-0.15, -0.1) is 0 Å². The van der Waals surface area contributed by atoms with Crippen LogP contribution in [0.15, 0.2) is 77.2 Å². The van der Waals surface area contributed by atoms with Gasteiger partial charge in [0.15, 0.2) is 5.76 Å². The number of carbonyl (C=O) groups excluding carboxylic acids is 1. The number of hydrogen-bond donors (Lipinski definition) is 1. The van der Waals surface area contributed by atoms with Crippen molar-refractivity contribution in [2.45, 2.75) is 6.42 Å². The average molecular weight is 474 g/mol. The Bertz CT molecular complexity index is 1290. The SMILES string of the molecule is COc1cc(OC)c(Cc2ccc(C(=O)Nc3ccc(-c4ccccc4)c(OC)c3)o2)c(OC)c1. The van der Waals surface area contributed by atoms with E-state index in [1.807, 2.05) is 42.5 Å². The number of furan rings is 1. The first-order valence-corrected chi connectivity index (χ1v) is 11.0. The molecule has 180 valence electrons. The molecule has 4 rings (SSSR count). The van der Waals surface area contributed by atoms with Crippen molar-refractivity contribution in [1.82, 2.24) is 0 Å². The van der Waals surface area contributed by atoms with Crippen LogP contribution in [0.3, 0.4) is 0 Å². The summed E-state index contributed by atoms with van der Waals surface area (Å²) in [4.78, 5) is 12.9. The molecule has 0 aliphatic heterocycles. The molecule has 1 aromatic heterocycles. The van der Waals surface area contributed by atoms with Gasteiger partial charge in [0.1, 0.15) is 28.8 Å². The number of ether oxygens (including phenoxy) is 4. The van der Waals surface area contributed by atoms with Crippen LogP contribution in [0, 0.1) is 0 Å². The monoisotopic (exact) mass is 473 g/mol. The Morgan fingerprint density at radius 1 is 0.771 bits per heavy atom. The Labute approximate surface area is 204 Å². The van der Waals surface area contributed by atoms with Crippen LogP contribution in [0.1, 0.15) is 21.9 Å². The lowest BCUT2D eigenvalue weighted by atomic mass is 10.0. The highest BCUT2D eigenvalue weighted by Gasteiger charge is 2.18. The molecule has 3 aromatic carbocycles. The molecule has 0 spiro atoms. The van der Waals surface area contributed by atoms with Crippen molar-refractivity contribution in [2.24, 2.45) is 0 Å². The van der Waals surface area contributed by atoms with Gasteiger partial charge in [-0.2, -0.15) is 0 Å². The lowest BCUT2D eigenvalue weighted by molar-refractivity contribution is 0.0995. The first-order valence-electron chi connectivity index (χ1n) is 11.0. The lowest BCUT2D eigenvalue weighted by Crippen LogP contribution is -2.11. The van der Waals surface area contributed by atoms with Gasteiger partial charge < -0.3 is 28.7 Å². The zero-order chi connectivity index (χ0) is 24.8. The first-order chi connectivity index (χ1) is 17.1. The van der Waals surface area contributed by atoms with Gasteiger partial charge >= 0.3 is 0 Å². The van der Waals surface area contributed by atoms with Crippen LogP contribution in [-0.2, 0) is 6.42 Å². The van der Waals surface area contributed by atoms with E-state index in [9.17, 15) is 4.79 Å². The van der Waals surface area contributed by atoms with Crippen LogP contribution >= 0.6 is 0 Å². The zero-order valence-electron chi connectivity index (χ0n) is 20.1. The van der Waals surface area contributed by atoms with E-state index in [1.54, 1.807) is 58.8 Å². The van der Waals surface area contributed by atoms with Crippen LogP contribution in [0.2, 0.25) is 0 Å². The summed E-state index contributed by atoms with van der Waals surface area (Å²) in [5.41, 5.74) is 3.36. The van der Waals surface area contributed by atoms with E-state index in [0.29, 0.717) is 40.9 Å². The summed E-state index contributed by atoms with van der Waals surface area (Å²) in [6.07, 6.45) is 0.378. The van der Waals surface area contributed by atoms with Gasteiger partial charge in [-0.25, -0.2) is 0 Å². The van der Waals surface area contributed by atoms with Crippen LogP contribution in [-0.4, -0.2) is 34.3 Å². The maximum atomic E-state index is 12.9. The quantitative estimate of drug-likeness (QED) is 0.330. The van der Waals surface area contributed by atoms with Gasteiger partial charge in [-0.05, 0) is 29.8 Å². The van der Waals surface area contributed by atoms with Crippen molar-refractivity contribution >= 4 is 11.6 Å². The largest absolute Gasteiger partial charge is 0.496 e. The maximum Gasteiger partial charge on any atom is 0.291 e. The van der Waals surface area contributed by atoms with Crippen molar-refractivity contribution in [3.63, 3.8) is 0 Å². The molecule has 0 aliphatic carbocycles. The predicted molar refractivity (Wildman–Crippen MR) is 134 cm³/mol. The van der Waals surface area contributed by atoms with Crippen LogP contribution < -0.4 is 24.3 Å². The minimum absolute atomic E-state index is 0.192. The second-order valence-electron chi connectivity index (χ2n) is 7.69. The summed E-state index contributed by atoms with van der Waals surface area (Å²) >= 11 is 0. The molecule has 0 fully saturated rings. The van der Waals surface area contributed by atoms with E-state index in [0.717, 1.165) is 16.7 Å². The van der Waals surface area contributed by atoms with Gasteiger partial charge in [0, 0.05) is 41.4 Å². The Morgan fingerprint density at radius 2 is 1.46 bits per heavy atom. The second kappa shape index (κ2) is 10.7. The highest BCUT2D eigenvalue weighted by Crippen LogP contribution is 2.36. The molecule has 0 bridgehead atoms. The van der Waals surface area contributed by atoms with E-state index < -0.39 is 0 Å². The third kappa shape index (κ3) is 5.24. The van der Waals surface area contributed by atoms with E-state index in [1.165, 1.54) is 0 Å².